The Morgan fingerprint density at radius 3 is 2.29 bits per heavy atom. The van der Waals surface area contributed by atoms with Crippen molar-refractivity contribution >= 4 is 0 Å². The van der Waals surface area contributed by atoms with Crippen LogP contribution in [-0.2, 0) is 5.54 Å². The molecule has 1 heterocycles. The predicted molar refractivity (Wildman–Crippen MR) is 59.0 cm³/mol. The highest BCUT2D eigenvalue weighted by atomic mass is 15.1. The third kappa shape index (κ3) is 1.81. The van der Waals surface area contributed by atoms with Gasteiger partial charge in [-0.3, -0.25) is 0 Å². The number of hydrogen-bond donors (Lipinski definition) is 1. The van der Waals surface area contributed by atoms with E-state index in [1.54, 1.807) is 0 Å². The Balaban J connectivity index is 2.17. The molecule has 1 aliphatic heterocycles. The molecule has 1 aromatic rings. The van der Waals surface area contributed by atoms with Gasteiger partial charge in [0.15, 0.2) is 0 Å². The minimum Gasteiger partial charge on any atom is -0.321 e. The molecule has 2 nitrogen and oxygen atoms in total. The Bertz CT molecular complexity index is 286. The quantitative estimate of drug-likeness (QED) is 0.728. The Morgan fingerprint density at radius 1 is 1.14 bits per heavy atom. The van der Waals surface area contributed by atoms with E-state index in [9.17, 15) is 0 Å². The fourth-order valence-corrected chi connectivity index (χ4v) is 2.08. The summed E-state index contributed by atoms with van der Waals surface area (Å²) in [7, 11) is 2.16. The summed E-state index contributed by atoms with van der Waals surface area (Å²) in [5, 5.41) is 0. The molecule has 2 rings (SSSR count). The van der Waals surface area contributed by atoms with E-state index in [4.69, 9.17) is 5.73 Å². The molecule has 0 saturated carbocycles. The Morgan fingerprint density at radius 2 is 1.71 bits per heavy atom. The number of benzene rings is 1. The lowest BCUT2D eigenvalue weighted by molar-refractivity contribution is 0.191. The van der Waals surface area contributed by atoms with E-state index in [2.05, 4.69) is 36.2 Å². The molecule has 0 unspecified atom stereocenters. The Kier molecular flexibility index (Phi) is 2.57. The van der Waals surface area contributed by atoms with Crippen LogP contribution in [0.4, 0.5) is 0 Å². The number of hydrogen-bond acceptors (Lipinski definition) is 2. The summed E-state index contributed by atoms with van der Waals surface area (Å²) >= 11 is 0. The van der Waals surface area contributed by atoms with E-state index in [1.807, 2.05) is 6.07 Å². The normalized spacial score (nSPS) is 22.1. The number of rotatable bonds is 1. The molecule has 0 amide bonds. The lowest BCUT2D eigenvalue weighted by atomic mass is 9.82. The second kappa shape index (κ2) is 3.71. The molecule has 2 N–H and O–H groups in total. The maximum atomic E-state index is 6.42. The Hall–Kier alpha value is -0.860. The van der Waals surface area contributed by atoms with Gasteiger partial charge in [0.2, 0.25) is 0 Å². The fraction of sp³-hybridized carbons (Fsp3) is 0.500. The molecule has 1 aromatic carbocycles. The SMILES string of the molecule is CN1CCC(N)(c2ccccc2)CC1. The molecule has 1 aliphatic rings. The lowest BCUT2D eigenvalue weighted by Gasteiger charge is -2.38. The van der Waals surface area contributed by atoms with Gasteiger partial charge in [0.1, 0.15) is 0 Å². The van der Waals surface area contributed by atoms with Crippen molar-refractivity contribution in [1.82, 2.24) is 4.90 Å². The maximum Gasteiger partial charge on any atom is 0.0434 e. The molecule has 1 saturated heterocycles. The van der Waals surface area contributed by atoms with Gasteiger partial charge in [-0.25, -0.2) is 0 Å². The largest absolute Gasteiger partial charge is 0.321 e. The van der Waals surface area contributed by atoms with Crippen molar-refractivity contribution < 1.29 is 0 Å². The van der Waals surface area contributed by atoms with E-state index in [0.29, 0.717) is 0 Å². The van der Waals surface area contributed by atoms with Gasteiger partial charge in [-0.05, 0) is 38.5 Å². The summed E-state index contributed by atoms with van der Waals surface area (Å²) in [6.45, 7) is 2.21. The van der Waals surface area contributed by atoms with Gasteiger partial charge < -0.3 is 10.6 Å². The first kappa shape index (κ1) is 9.69. The molecule has 0 aliphatic carbocycles. The average molecular weight is 190 g/mol. The first-order valence-corrected chi connectivity index (χ1v) is 5.24. The van der Waals surface area contributed by atoms with Crippen LogP contribution < -0.4 is 5.73 Å². The maximum absolute atomic E-state index is 6.42. The first-order valence-electron chi connectivity index (χ1n) is 5.24. The number of nitrogens with zero attached hydrogens (tertiary/aromatic N) is 1. The highest BCUT2D eigenvalue weighted by Gasteiger charge is 2.30. The highest BCUT2D eigenvalue weighted by molar-refractivity contribution is 5.24. The molecule has 2 heteroatoms. The van der Waals surface area contributed by atoms with E-state index in [1.165, 1.54) is 5.56 Å². The van der Waals surface area contributed by atoms with Gasteiger partial charge in [0.25, 0.3) is 0 Å². The van der Waals surface area contributed by atoms with Crippen molar-refractivity contribution in [3.05, 3.63) is 35.9 Å². The molecule has 0 bridgehead atoms. The van der Waals surface area contributed by atoms with Gasteiger partial charge >= 0.3 is 0 Å². The summed E-state index contributed by atoms with van der Waals surface area (Å²) in [6.07, 6.45) is 2.13. The second-order valence-electron chi connectivity index (χ2n) is 4.33. The molecular weight excluding hydrogens is 172 g/mol. The predicted octanol–water partition coefficient (Wildman–Crippen LogP) is 1.57. The zero-order valence-electron chi connectivity index (χ0n) is 8.74. The van der Waals surface area contributed by atoms with Crippen molar-refractivity contribution in [3.8, 4) is 0 Å². The zero-order valence-corrected chi connectivity index (χ0v) is 8.74. The van der Waals surface area contributed by atoms with Crippen molar-refractivity contribution in [3.63, 3.8) is 0 Å². The molecule has 14 heavy (non-hydrogen) atoms. The lowest BCUT2D eigenvalue weighted by Crippen LogP contribution is -2.46. The van der Waals surface area contributed by atoms with Crippen LogP contribution in [0.5, 0.6) is 0 Å². The molecule has 0 aromatic heterocycles. The fourth-order valence-electron chi connectivity index (χ4n) is 2.08. The van der Waals surface area contributed by atoms with Crippen LogP contribution in [-0.4, -0.2) is 25.0 Å². The minimum atomic E-state index is -0.0895. The van der Waals surface area contributed by atoms with Crippen LogP contribution >= 0.6 is 0 Å². The standard InChI is InChI=1S/C12H18N2/c1-14-9-7-12(13,8-10-14)11-5-3-2-4-6-11/h2-6H,7-10,13H2,1H3. The highest BCUT2D eigenvalue weighted by Crippen LogP contribution is 2.29. The summed E-state index contributed by atoms with van der Waals surface area (Å²) in [4.78, 5) is 2.34. The molecule has 76 valence electrons. The van der Waals surface area contributed by atoms with Gasteiger partial charge in [0, 0.05) is 5.54 Å². The van der Waals surface area contributed by atoms with Crippen molar-refractivity contribution in [2.24, 2.45) is 5.73 Å². The smallest absolute Gasteiger partial charge is 0.0434 e. The monoisotopic (exact) mass is 190 g/mol. The van der Waals surface area contributed by atoms with Crippen LogP contribution in [0.15, 0.2) is 30.3 Å². The molecule has 0 spiro atoms. The molecule has 0 atom stereocenters. The summed E-state index contributed by atoms with van der Waals surface area (Å²) in [5.74, 6) is 0. The molecule has 1 fully saturated rings. The summed E-state index contributed by atoms with van der Waals surface area (Å²) in [5.41, 5.74) is 7.61. The third-order valence-corrected chi connectivity index (χ3v) is 3.23. The third-order valence-electron chi connectivity index (χ3n) is 3.23. The van der Waals surface area contributed by atoms with Crippen molar-refractivity contribution in [2.75, 3.05) is 20.1 Å². The second-order valence-corrected chi connectivity index (χ2v) is 4.33. The van der Waals surface area contributed by atoms with E-state index in [-0.39, 0.29) is 5.54 Å². The number of likely N-dealkylation sites (tertiary alicyclic amines) is 1. The zero-order chi connectivity index (χ0) is 10.0. The van der Waals surface area contributed by atoms with Crippen LogP contribution in [0.2, 0.25) is 0 Å². The molecule has 0 radical (unpaired) electrons. The van der Waals surface area contributed by atoms with Gasteiger partial charge in [-0.1, -0.05) is 30.3 Å². The Labute approximate surface area is 85.7 Å². The van der Waals surface area contributed by atoms with Gasteiger partial charge in [-0.15, -0.1) is 0 Å². The van der Waals surface area contributed by atoms with E-state index >= 15 is 0 Å². The van der Waals surface area contributed by atoms with E-state index < -0.39 is 0 Å². The average Bonchev–Trinajstić information content (AvgIpc) is 2.24. The number of piperidine rings is 1. The van der Waals surface area contributed by atoms with Crippen molar-refractivity contribution in [2.45, 2.75) is 18.4 Å². The first-order chi connectivity index (χ1) is 6.71. The van der Waals surface area contributed by atoms with E-state index in [0.717, 1.165) is 25.9 Å². The van der Waals surface area contributed by atoms with Gasteiger partial charge in [-0.2, -0.15) is 0 Å². The summed E-state index contributed by atoms with van der Waals surface area (Å²) in [6, 6.07) is 10.5. The van der Waals surface area contributed by atoms with Crippen LogP contribution in [0.25, 0.3) is 0 Å². The van der Waals surface area contributed by atoms with Crippen molar-refractivity contribution in [1.29, 1.82) is 0 Å². The van der Waals surface area contributed by atoms with Gasteiger partial charge in [0.05, 0.1) is 0 Å². The van der Waals surface area contributed by atoms with Crippen LogP contribution in [0.3, 0.4) is 0 Å². The topological polar surface area (TPSA) is 29.3 Å². The number of nitrogens with two attached hydrogens (primary N) is 1. The van der Waals surface area contributed by atoms with Crippen LogP contribution in [0, 0.1) is 0 Å². The molecular formula is C12H18N2. The minimum absolute atomic E-state index is 0.0895. The summed E-state index contributed by atoms with van der Waals surface area (Å²) < 4.78 is 0. The van der Waals surface area contributed by atoms with Crippen LogP contribution in [0.1, 0.15) is 18.4 Å².